The van der Waals surface area contributed by atoms with Crippen LogP contribution in [0, 0.1) is 0 Å². The molecule has 1 fully saturated rings. The van der Waals surface area contributed by atoms with Crippen LogP contribution in [0.4, 0.5) is 8.78 Å². The summed E-state index contributed by atoms with van der Waals surface area (Å²) in [6.45, 7) is 0. The third-order valence-corrected chi connectivity index (χ3v) is 3.03. The molecule has 0 bridgehead atoms. The molecule has 2 rings (SSSR count). The largest absolute Gasteiger partial charge is 0.508 e. The van der Waals surface area contributed by atoms with Gasteiger partial charge < -0.3 is 15.6 Å². The number of halogens is 2. The summed E-state index contributed by atoms with van der Waals surface area (Å²) >= 11 is 0. The van der Waals surface area contributed by atoms with Crippen molar-refractivity contribution in [1.29, 1.82) is 0 Å². The number of hydrogen-bond acceptors (Lipinski definition) is 2. The number of rotatable bonds is 2. The minimum Gasteiger partial charge on any atom is -0.508 e. The van der Waals surface area contributed by atoms with Crippen molar-refractivity contribution in [3.63, 3.8) is 0 Å². The highest BCUT2D eigenvalue weighted by Crippen LogP contribution is 2.35. The van der Waals surface area contributed by atoms with Crippen LogP contribution < -0.4 is 10.5 Å². The lowest BCUT2D eigenvalue weighted by molar-refractivity contribution is -0.453. The number of ether oxygens (including phenoxy) is 1. The molecule has 0 aromatic heterocycles. The van der Waals surface area contributed by atoms with Crippen LogP contribution in [-0.4, -0.2) is 23.2 Å². The average molecular weight is 244 g/mol. The highest BCUT2D eigenvalue weighted by molar-refractivity contribution is 5.30. The third kappa shape index (κ3) is 2.66. The van der Waals surface area contributed by atoms with E-state index >= 15 is 0 Å². The maximum Gasteiger partial charge on any atom is 0.290 e. The zero-order valence-corrected chi connectivity index (χ0v) is 9.40. The van der Waals surface area contributed by atoms with Crippen LogP contribution in [0.1, 0.15) is 19.3 Å². The highest BCUT2D eigenvalue weighted by atomic mass is 19.3. The van der Waals surface area contributed by atoms with Crippen LogP contribution in [0.2, 0.25) is 0 Å². The normalized spacial score (nSPS) is 27.7. The smallest absolute Gasteiger partial charge is 0.290 e. The summed E-state index contributed by atoms with van der Waals surface area (Å²) in [6, 6.07) is 5.37. The maximum absolute atomic E-state index is 13.7. The van der Waals surface area contributed by atoms with E-state index in [2.05, 4.69) is 5.73 Å². The molecular weight excluding hydrogens is 228 g/mol. The molecule has 0 amide bonds. The first kappa shape index (κ1) is 12.1. The Bertz CT molecular complexity index is 381. The van der Waals surface area contributed by atoms with Crippen molar-refractivity contribution in [2.24, 2.45) is 0 Å². The Morgan fingerprint density at radius 1 is 1.29 bits per heavy atom. The molecule has 94 valence electrons. The van der Waals surface area contributed by atoms with Crippen LogP contribution in [-0.2, 0) is 0 Å². The SMILES string of the molecule is [NH3+][C@@H]1CCCC(F)(F)[C@@H]1Oc1ccc(O)cc1. The van der Waals surface area contributed by atoms with Crippen molar-refractivity contribution in [3.8, 4) is 11.5 Å². The quantitative estimate of drug-likeness (QED) is 0.829. The van der Waals surface area contributed by atoms with Crippen LogP contribution in [0.25, 0.3) is 0 Å². The Hall–Kier alpha value is -1.36. The molecule has 17 heavy (non-hydrogen) atoms. The van der Waals surface area contributed by atoms with Gasteiger partial charge in [-0.2, -0.15) is 0 Å². The molecule has 1 saturated carbocycles. The van der Waals surface area contributed by atoms with Crippen molar-refractivity contribution in [2.45, 2.75) is 37.3 Å². The van der Waals surface area contributed by atoms with E-state index < -0.39 is 18.1 Å². The van der Waals surface area contributed by atoms with Gasteiger partial charge in [0.25, 0.3) is 5.92 Å². The lowest BCUT2D eigenvalue weighted by atomic mass is 9.89. The van der Waals surface area contributed by atoms with E-state index in [1.54, 1.807) is 0 Å². The van der Waals surface area contributed by atoms with Gasteiger partial charge in [0.2, 0.25) is 6.10 Å². The minimum atomic E-state index is -2.83. The van der Waals surface area contributed by atoms with E-state index in [1.165, 1.54) is 24.3 Å². The van der Waals surface area contributed by atoms with E-state index in [9.17, 15) is 8.78 Å². The zero-order valence-electron chi connectivity index (χ0n) is 9.40. The fraction of sp³-hybridized carbons (Fsp3) is 0.500. The molecule has 0 unspecified atom stereocenters. The predicted octanol–water partition coefficient (Wildman–Crippen LogP) is 1.57. The second-order valence-electron chi connectivity index (χ2n) is 4.45. The van der Waals surface area contributed by atoms with Crippen molar-refractivity contribution < 1.29 is 24.4 Å². The van der Waals surface area contributed by atoms with Crippen molar-refractivity contribution in [2.75, 3.05) is 0 Å². The Morgan fingerprint density at radius 2 is 1.94 bits per heavy atom. The van der Waals surface area contributed by atoms with E-state index in [4.69, 9.17) is 9.84 Å². The van der Waals surface area contributed by atoms with E-state index in [-0.39, 0.29) is 12.2 Å². The van der Waals surface area contributed by atoms with Gasteiger partial charge in [-0.1, -0.05) is 0 Å². The van der Waals surface area contributed by atoms with Crippen LogP contribution in [0.5, 0.6) is 11.5 Å². The zero-order chi connectivity index (χ0) is 12.5. The molecule has 1 aliphatic carbocycles. The molecule has 0 heterocycles. The standard InChI is InChI=1S/C12H15F2NO2/c13-12(14)7-1-2-10(15)11(12)17-9-5-3-8(16)4-6-9/h3-6,10-11,16H,1-2,7,15H2/p+1/t10-,11-/m1/s1. The number of benzene rings is 1. The number of hydrogen-bond donors (Lipinski definition) is 2. The molecule has 4 N–H and O–H groups in total. The lowest BCUT2D eigenvalue weighted by Crippen LogP contribution is -2.72. The molecule has 0 saturated heterocycles. The van der Waals surface area contributed by atoms with Crippen LogP contribution in [0.15, 0.2) is 24.3 Å². The Morgan fingerprint density at radius 3 is 2.53 bits per heavy atom. The van der Waals surface area contributed by atoms with Crippen LogP contribution >= 0.6 is 0 Å². The number of quaternary nitrogens is 1. The second kappa shape index (κ2) is 4.49. The Balaban J connectivity index is 2.12. The van der Waals surface area contributed by atoms with Gasteiger partial charge in [0, 0.05) is 12.8 Å². The summed E-state index contributed by atoms with van der Waals surface area (Å²) in [4.78, 5) is 0. The second-order valence-corrected chi connectivity index (χ2v) is 4.45. The summed E-state index contributed by atoms with van der Waals surface area (Å²) in [5.74, 6) is -2.41. The summed E-state index contributed by atoms with van der Waals surface area (Å²) < 4.78 is 32.7. The molecular formula is C12H16F2NO2+. The maximum atomic E-state index is 13.7. The van der Waals surface area contributed by atoms with E-state index in [0.29, 0.717) is 18.6 Å². The Labute approximate surface area is 98.2 Å². The summed E-state index contributed by atoms with van der Waals surface area (Å²) in [6.07, 6.45) is -0.197. The number of phenolic OH excluding ortho intramolecular Hbond substituents is 1. The fourth-order valence-electron chi connectivity index (χ4n) is 2.09. The molecule has 1 aromatic carbocycles. The van der Waals surface area contributed by atoms with Crippen molar-refractivity contribution in [1.82, 2.24) is 0 Å². The number of aromatic hydroxyl groups is 1. The fourth-order valence-corrected chi connectivity index (χ4v) is 2.09. The molecule has 1 aliphatic rings. The van der Waals surface area contributed by atoms with E-state index in [0.717, 1.165) is 0 Å². The first-order valence-electron chi connectivity index (χ1n) is 5.65. The van der Waals surface area contributed by atoms with Crippen LogP contribution in [0.3, 0.4) is 0 Å². The van der Waals surface area contributed by atoms with Gasteiger partial charge in [0.05, 0.1) is 0 Å². The van der Waals surface area contributed by atoms with Gasteiger partial charge in [-0.3, -0.25) is 0 Å². The minimum absolute atomic E-state index is 0.0823. The highest BCUT2D eigenvalue weighted by Gasteiger charge is 2.49. The topological polar surface area (TPSA) is 57.1 Å². The van der Waals surface area contributed by atoms with Gasteiger partial charge in [0.15, 0.2) is 0 Å². The van der Waals surface area contributed by atoms with Gasteiger partial charge in [-0.25, -0.2) is 8.78 Å². The average Bonchev–Trinajstić information content (AvgIpc) is 2.26. The first-order valence-corrected chi connectivity index (χ1v) is 5.65. The van der Waals surface area contributed by atoms with Crippen molar-refractivity contribution in [3.05, 3.63) is 24.3 Å². The molecule has 1 aromatic rings. The van der Waals surface area contributed by atoms with Gasteiger partial charge >= 0.3 is 0 Å². The molecule has 3 nitrogen and oxygen atoms in total. The molecule has 0 spiro atoms. The third-order valence-electron chi connectivity index (χ3n) is 3.03. The predicted molar refractivity (Wildman–Crippen MR) is 58.0 cm³/mol. The number of phenols is 1. The molecule has 2 atom stereocenters. The summed E-state index contributed by atoms with van der Waals surface area (Å²) in [5.41, 5.74) is 3.73. The first-order chi connectivity index (χ1) is 7.99. The van der Waals surface area contributed by atoms with Crippen molar-refractivity contribution >= 4 is 0 Å². The summed E-state index contributed by atoms with van der Waals surface area (Å²) in [7, 11) is 0. The summed E-state index contributed by atoms with van der Waals surface area (Å²) in [5, 5.41) is 9.10. The van der Waals surface area contributed by atoms with Gasteiger partial charge in [0.1, 0.15) is 17.5 Å². The van der Waals surface area contributed by atoms with Gasteiger partial charge in [-0.15, -0.1) is 0 Å². The number of alkyl halides is 2. The Kier molecular flexibility index (Phi) is 3.19. The molecule has 0 radical (unpaired) electrons. The molecule has 5 heteroatoms. The van der Waals surface area contributed by atoms with Gasteiger partial charge in [-0.05, 0) is 30.7 Å². The lowest BCUT2D eigenvalue weighted by Gasteiger charge is -2.33. The molecule has 0 aliphatic heterocycles. The van der Waals surface area contributed by atoms with E-state index in [1.807, 2.05) is 0 Å². The monoisotopic (exact) mass is 244 g/mol.